The third kappa shape index (κ3) is 3.12. The SMILES string of the molecule is Cc1cccc(OC(C)CN2CCOC2=O)c1. The molecule has 1 fully saturated rings. The topological polar surface area (TPSA) is 38.8 Å². The van der Waals surface area contributed by atoms with Crippen LogP contribution in [0.25, 0.3) is 0 Å². The molecule has 0 N–H and O–H groups in total. The van der Waals surface area contributed by atoms with E-state index in [2.05, 4.69) is 0 Å². The van der Waals surface area contributed by atoms with Gasteiger partial charge in [-0.3, -0.25) is 0 Å². The minimum absolute atomic E-state index is 0.0394. The monoisotopic (exact) mass is 235 g/mol. The van der Waals surface area contributed by atoms with Crippen molar-refractivity contribution in [1.82, 2.24) is 4.90 Å². The molecule has 1 aromatic carbocycles. The average Bonchev–Trinajstić information content (AvgIpc) is 2.64. The van der Waals surface area contributed by atoms with Gasteiger partial charge in [0.2, 0.25) is 0 Å². The molecule has 1 unspecified atom stereocenters. The van der Waals surface area contributed by atoms with Crippen molar-refractivity contribution in [3.05, 3.63) is 29.8 Å². The minimum Gasteiger partial charge on any atom is -0.489 e. The highest BCUT2D eigenvalue weighted by molar-refractivity contribution is 5.69. The quantitative estimate of drug-likeness (QED) is 0.803. The van der Waals surface area contributed by atoms with Gasteiger partial charge in [0.25, 0.3) is 0 Å². The van der Waals surface area contributed by atoms with Gasteiger partial charge in [-0.05, 0) is 31.5 Å². The van der Waals surface area contributed by atoms with Gasteiger partial charge in [-0.2, -0.15) is 0 Å². The zero-order valence-electron chi connectivity index (χ0n) is 10.2. The summed E-state index contributed by atoms with van der Waals surface area (Å²) in [5, 5.41) is 0. The third-order valence-corrected chi connectivity index (χ3v) is 2.65. The van der Waals surface area contributed by atoms with Crippen molar-refractivity contribution in [2.24, 2.45) is 0 Å². The smallest absolute Gasteiger partial charge is 0.410 e. The maximum Gasteiger partial charge on any atom is 0.410 e. The zero-order chi connectivity index (χ0) is 12.3. The summed E-state index contributed by atoms with van der Waals surface area (Å²) < 4.78 is 10.6. The molecule has 0 aromatic heterocycles. The van der Waals surface area contributed by atoms with Crippen molar-refractivity contribution in [1.29, 1.82) is 0 Å². The second-order valence-electron chi connectivity index (χ2n) is 4.31. The van der Waals surface area contributed by atoms with Crippen LogP contribution in [0.5, 0.6) is 5.75 Å². The Morgan fingerprint density at radius 2 is 2.35 bits per heavy atom. The van der Waals surface area contributed by atoms with Crippen LogP contribution in [0.2, 0.25) is 0 Å². The number of rotatable bonds is 4. The molecule has 17 heavy (non-hydrogen) atoms. The molecule has 0 radical (unpaired) electrons. The lowest BCUT2D eigenvalue weighted by atomic mass is 10.2. The Labute approximate surface area is 101 Å². The fraction of sp³-hybridized carbons (Fsp3) is 0.462. The summed E-state index contributed by atoms with van der Waals surface area (Å²) in [7, 11) is 0. The molecule has 4 heteroatoms. The summed E-state index contributed by atoms with van der Waals surface area (Å²) in [4.78, 5) is 12.9. The number of hydrogen-bond donors (Lipinski definition) is 0. The molecular weight excluding hydrogens is 218 g/mol. The van der Waals surface area contributed by atoms with Crippen LogP contribution >= 0.6 is 0 Å². The van der Waals surface area contributed by atoms with E-state index in [9.17, 15) is 4.79 Å². The lowest BCUT2D eigenvalue weighted by Crippen LogP contribution is -2.34. The summed E-state index contributed by atoms with van der Waals surface area (Å²) in [6.07, 6.45) is -0.285. The highest BCUT2D eigenvalue weighted by Crippen LogP contribution is 2.15. The summed E-state index contributed by atoms with van der Waals surface area (Å²) in [6, 6.07) is 7.89. The van der Waals surface area contributed by atoms with Gasteiger partial charge in [0.15, 0.2) is 0 Å². The first-order valence-electron chi connectivity index (χ1n) is 5.80. The number of cyclic esters (lactones) is 1. The van der Waals surface area contributed by atoms with Gasteiger partial charge in [0.1, 0.15) is 18.5 Å². The van der Waals surface area contributed by atoms with Gasteiger partial charge in [0.05, 0.1) is 13.1 Å². The summed E-state index contributed by atoms with van der Waals surface area (Å²) in [6.45, 7) is 5.67. The normalized spacial score (nSPS) is 16.8. The fourth-order valence-electron chi connectivity index (χ4n) is 1.86. The van der Waals surface area contributed by atoms with E-state index in [4.69, 9.17) is 9.47 Å². The number of aryl methyl sites for hydroxylation is 1. The largest absolute Gasteiger partial charge is 0.489 e. The predicted molar refractivity (Wildman–Crippen MR) is 64.2 cm³/mol. The molecule has 1 aliphatic rings. The fourth-order valence-corrected chi connectivity index (χ4v) is 1.86. The first-order chi connectivity index (χ1) is 8.15. The lowest BCUT2D eigenvalue weighted by Gasteiger charge is -2.20. The van der Waals surface area contributed by atoms with Gasteiger partial charge in [-0.1, -0.05) is 12.1 Å². The highest BCUT2D eigenvalue weighted by atomic mass is 16.6. The maximum atomic E-state index is 11.3. The standard InChI is InChI=1S/C13H17NO3/c1-10-4-3-5-12(8-10)17-11(2)9-14-6-7-16-13(14)15/h3-5,8,11H,6-7,9H2,1-2H3. The molecule has 1 aliphatic heterocycles. The first kappa shape index (κ1) is 11.8. The van der Waals surface area contributed by atoms with E-state index < -0.39 is 0 Å². The molecule has 0 bridgehead atoms. The second kappa shape index (κ2) is 5.08. The molecule has 0 spiro atoms. The molecular formula is C13H17NO3. The van der Waals surface area contributed by atoms with Crippen molar-refractivity contribution >= 4 is 6.09 Å². The summed E-state index contributed by atoms with van der Waals surface area (Å²) in [5.41, 5.74) is 1.16. The van der Waals surface area contributed by atoms with E-state index in [0.29, 0.717) is 19.7 Å². The molecule has 2 rings (SSSR count). The number of nitrogens with zero attached hydrogens (tertiary/aromatic N) is 1. The molecule has 0 aliphatic carbocycles. The number of carbonyl (C=O) groups excluding carboxylic acids is 1. The molecule has 4 nitrogen and oxygen atoms in total. The van der Waals surface area contributed by atoms with Crippen LogP contribution in [-0.2, 0) is 4.74 Å². The van der Waals surface area contributed by atoms with Crippen LogP contribution in [0.4, 0.5) is 4.79 Å². The van der Waals surface area contributed by atoms with E-state index in [1.165, 1.54) is 0 Å². The zero-order valence-corrected chi connectivity index (χ0v) is 10.2. The molecule has 1 amide bonds. The molecule has 1 atom stereocenters. The first-order valence-corrected chi connectivity index (χ1v) is 5.80. The number of carbonyl (C=O) groups is 1. The summed E-state index contributed by atoms with van der Waals surface area (Å²) in [5.74, 6) is 0.838. The second-order valence-corrected chi connectivity index (χ2v) is 4.31. The van der Waals surface area contributed by atoms with E-state index in [1.54, 1.807) is 4.90 Å². The Balaban J connectivity index is 1.88. The highest BCUT2D eigenvalue weighted by Gasteiger charge is 2.23. The average molecular weight is 235 g/mol. The van der Waals surface area contributed by atoms with Gasteiger partial charge >= 0.3 is 6.09 Å². The Morgan fingerprint density at radius 3 is 3.00 bits per heavy atom. The number of ether oxygens (including phenoxy) is 2. The summed E-state index contributed by atoms with van der Waals surface area (Å²) >= 11 is 0. The van der Waals surface area contributed by atoms with Gasteiger partial charge < -0.3 is 14.4 Å². The Kier molecular flexibility index (Phi) is 3.52. The number of benzene rings is 1. The van der Waals surface area contributed by atoms with Crippen LogP contribution in [0, 0.1) is 6.92 Å². The molecule has 1 saturated heterocycles. The van der Waals surface area contributed by atoms with Crippen LogP contribution in [0.1, 0.15) is 12.5 Å². The number of amides is 1. The van der Waals surface area contributed by atoms with Crippen molar-refractivity contribution in [2.45, 2.75) is 20.0 Å². The molecule has 1 heterocycles. The van der Waals surface area contributed by atoms with E-state index >= 15 is 0 Å². The molecule has 1 aromatic rings. The van der Waals surface area contributed by atoms with Gasteiger partial charge in [-0.15, -0.1) is 0 Å². The Hall–Kier alpha value is -1.71. The lowest BCUT2D eigenvalue weighted by molar-refractivity contribution is 0.137. The van der Waals surface area contributed by atoms with Crippen LogP contribution in [0.3, 0.4) is 0 Å². The Morgan fingerprint density at radius 1 is 1.53 bits per heavy atom. The van der Waals surface area contributed by atoms with Crippen molar-refractivity contribution in [3.8, 4) is 5.75 Å². The van der Waals surface area contributed by atoms with E-state index in [0.717, 1.165) is 11.3 Å². The number of hydrogen-bond acceptors (Lipinski definition) is 3. The van der Waals surface area contributed by atoms with Crippen molar-refractivity contribution in [3.63, 3.8) is 0 Å². The third-order valence-electron chi connectivity index (χ3n) is 2.65. The van der Waals surface area contributed by atoms with E-state index in [-0.39, 0.29) is 12.2 Å². The van der Waals surface area contributed by atoms with E-state index in [1.807, 2.05) is 38.1 Å². The maximum absolute atomic E-state index is 11.3. The van der Waals surface area contributed by atoms with Crippen LogP contribution in [-0.4, -0.2) is 36.8 Å². The van der Waals surface area contributed by atoms with Crippen molar-refractivity contribution < 1.29 is 14.3 Å². The van der Waals surface area contributed by atoms with Gasteiger partial charge in [-0.25, -0.2) is 4.79 Å². The van der Waals surface area contributed by atoms with Crippen LogP contribution < -0.4 is 4.74 Å². The minimum atomic E-state index is -0.246. The predicted octanol–water partition coefficient (Wildman–Crippen LogP) is 2.21. The Bertz CT molecular complexity index is 405. The molecule has 92 valence electrons. The molecule has 0 saturated carbocycles. The van der Waals surface area contributed by atoms with Crippen LogP contribution in [0.15, 0.2) is 24.3 Å². The van der Waals surface area contributed by atoms with Gasteiger partial charge in [0, 0.05) is 0 Å². The van der Waals surface area contributed by atoms with Crippen molar-refractivity contribution in [2.75, 3.05) is 19.7 Å².